The summed E-state index contributed by atoms with van der Waals surface area (Å²) in [4.78, 5) is 23.3. The lowest BCUT2D eigenvalue weighted by molar-refractivity contribution is -0.870. The summed E-state index contributed by atoms with van der Waals surface area (Å²) in [5, 5.41) is 13.9. The molecule has 0 saturated heterocycles. The molecule has 8 nitrogen and oxygen atoms in total. The molecule has 0 bridgehead atoms. The van der Waals surface area contributed by atoms with Crippen molar-refractivity contribution in [2.24, 2.45) is 0 Å². The van der Waals surface area contributed by atoms with Gasteiger partial charge in [-0.1, -0.05) is 256 Å². The second-order valence-electron chi connectivity index (χ2n) is 21.0. The van der Waals surface area contributed by atoms with E-state index < -0.39 is 20.0 Å². The molecule has 9 heteroatoms. The highest BCUT2D eigenvalue weighted by molar-refractivity contribution is 7.47. The summed E-state index contributed by atoms with van der Waals surface area (Å²) >= 11 is 0. The topological polar surface area (TPSA) is 105 Å². The number of carbonyl (C=O) groups is 1. The number of allylic oxidation sites excluding steroid dienone is 3. The molecule has 0 rings (SSSR count). The Morgan fingerprint density at radius 2 is 0.818 bits per heavy atom. The van der Waals surface area contributed by atoms with Gasteiger partial charge >= 0.3 is 7.82 Å². The lowest BCUT2D eigenvalue weighted by atomic mass is 10.0. The summed E-state index contributed by atoms with van der Waals surface area (Å²) in [6.07, 6.45) is 61.4. The van der Waals surface area contributed by atoms with E-state index in [4.69, 9.17) is 9.05 Å². The molecule has 0 radical (unpaired) electrons. The fourth-order valence-corrected chi connectivity index (χ4v) is 9.36. The number of hydrogen-bond donors (Lipinski definition) is 3. The summed E-state index contributed by atoms with van der Waals surface area (Å²) in [5.41, 5.74) is 0. The molecule has 0 saturated carbocycles. The van der Waals surface area contributed by atoms with Crippen LogP contribution in [0, 0.1) is 0 Å². The predicted octanol–water partition coefficient (Wildman–Crippen LogP) is 17.2. The third kappa shape index (κ3) is 50.8. The van der Waals surface area contributed by atoms with Crippen molar-refractivity contribution in [3.05, 3.63) is 24.3 Å². The van der Waals surface area contributed by atoms with Crippen LogP contribution in [0.5, 0.6) is 0 Å². The second kappa shape index (κ2) is 49.0. The standard InChI is InChI=1S/C57H113N2O6P/c1-6-8-10-12-14-16-18-20-22-23-24-25-26-27-28-29-30-31-32-33-34-35-36-37-39-41-43-45-47-49-51-57(61)58-55(54-65-66(62,63)64-53-52-59(3,4)5)56(60)50-48-46-44-42-40-38-21-19-17-15-13-11-9-7-2/h27-28,48,50,55-56,60H,6-26,29-47,49,51-54H2,1-5H3,(H-,58,61,62,63)/p+1/b28-27-,50-48+. The second-order valence-corrected chi connectivity index (χ2v) is 22.5. The van der Waals surface area contributed by atoms with Gasteiger partial charge in [0.15, 0.2) is 0 Å². The van der Waals surface area contributed by atoms with Crippen molar-refractivity contribution >= 4 is 13.7 Å². The van der Waals surface area contributed by atoms with Crippen molar-refractivity contribution in [2.45, 2.75) is 296 Å². The molecule has 0 heterocycles. The van der Waals surface area contributed by atoms with Gasteiger partial charge in [0.25, 0.3) is 0 Å². The normalized spacial score (nSPS) is 14.1. The van der Waals surface area contributed by atoms with E-state index in [0.29, 0.717) is 17.4 Å². The van der Waals surface area contributed by atoms with Crippen LogP contribution in [-0.4, -0.2) is 73.4 Å². The van der Waals surface area contributed by atoms with Crippen LogP contribution in [0.15, 0.2) is 24.3 Å². The monoisotopic (exact) mass is 954 g/mol. The van der Waals surface area contributed by atoms with Gasteiger partial charge < -0.3 is 19.8 Å². The summed E-state index contributed by atoms with van der Waals surface area (Å²) in [7, 11) is 1.58. The zero-order valence-corrected chi connectivity index (χ0v) is 45.6. The Labute approximate surface area is 411 Å². The molecule has 0 spiro atoms. The van der Waals surface area contributed by atoms with E-state index in [1.165, 1.54) is 225 Å². The number of phosphoric ester groups is 1. The molecule has 0 aromatic heterocycles. The molecule has 0 aromatic carbocycles. The minimum atomic E-state index is -4.34. The number of amides is 1. The van der Waals surface area contributed by atoms with E-state index in [0.717, 1.165) is 38.5 Å². The first kappa shape index (κ1) is 65.0. The SMILES string of the molecule is CCCCCCCCCCCCCC/C=C\CCCCCCCCCCCCCCCCC(=O)NC(COP(=O)(O)OCC[N+](C)(C)C)C(O)/C=C/CCCCCCCCCCCCCC. The van der Waals surface area contributed by atoms with Gasteiger partial charge in [-0.2, -0.15) is 0 Å². The first-order valence-electron chi connectivity index (χ1n) is 28.7. The minimum absolute atomic E-state index is 0.0634. The van der Waals surface area contributed by atoms with Crippen LogP contribution in [0.1, 0.15) is 284 Å². The van der Waals surface area contributed by atoms with Gasteiger partial charge in [0.05, 0.1) is 39.9 Å². The zero-order valence-electron chi connectivity index (χ0n) is 44.7. The number of likely N-dealkylation sites (N-methyl/N-ethyl adjacent to an activating group) is 1. The largest absolute Gasteiger partial charge is 0.472 e. The first-order valence-corrected chi connectivity index (χ1v) is 30.2. The third-order valence-electron chi connectivity index (χ3n) is 13.2. The fourth-order valence-electron chi connectivity index (χ4n) is 8.63. The van der Waals surface area contributed by atoms with Gasteiger partial charge in [0.1, 0.15) is 13.2 Å². The Morgan fingerprint density at radius 3 is 1.17 bits per heavy atom. The maximum atomic E-state index is 13.0. The predicted molar refractivity (Wildman–Crippen MR) is 286 cm³/mol. The van der Waals surface area contributed by atoms with Crippen molar-refractivity contribution in [1.82, 2.24) is 5.32 Å². The number of carbonyl (C=O) groups excluding carboxylic acids is 1. The molecular formula is C57H114N2O6P+. The highest BCUT2D eigenvalue weighted by atomic mass is 31.2. The minimum Gasteiger partial charge on any atom is -0.387 e. The average molecular weight is 955 g/mol. The van der Waals surface area contributed by atoms with Crippen molar-refractivity contribution in [1.29, 1.82) is 0 Å². The Morgan fingerprint density at radius 1 is 0.500 bits per heavy atom. The van der Waals surface area contributed by atoms with E-state index in [1.807, 2.05) is 27.2 Å². The maximum absolute atomic E-state index is 13.0. The average Bonchev–Trinajstić information content (AvgIpc) is 3.28. The van der Waals surface area contributed by atoms with Crippen molar-refractivity contribution < 1.29 is 32.9 Å². The van der Waals surface area contributed by atoms with Gasteiger partial charge in [-0.15, -0.1) is 0 Å². The molecule has 3 atom stereocenters. The molecule has 0 aromatic rings. The number of hydrogen-bond acceptors (Lipinski definition) is 5. The molecule has 392 valence electrons. The number of quaternary nitrogens is 1. The van der Waals surface area contributed by atoms with Crippen LogP contribution < -0.4 is 5.32 Å². The first-order chi connectivity index (χ1) is 32.0. The summed E-state index contributed by atoms with van der Waals surface area (Å²) in [5.74, 6) is -0.173. The number of unbranched alkanes of at least 4 members (excludes halogenated alkanes) is 38. The molecule has 3 unspecified atom stereocenters. The number of aliphatic hydroxyl groups is 1. The number of nitrogens with one attached hydrogen (secondary N) is 1. The highest BCUT2D eigenvalue weighted by Crippen LogP contribution is 2.43. The van der Waals surface area contributed by atoms with E-state index in [9.17, 15) is 19.4 Å². The van der Waals surface area contributed by atoms with Crippen LogP contribution in [0.4, 0.5) is 0 Å². The van der Waals surface area contributed by atoms with E-state index in [1.54, 1.807) is 6.08 Å². The van der Waals surface area contributed by atoms with Crippen LogP contribution in [0.25, 0.3) is 0 Å². The fraction of sp³-hybridized carbons (Fsp3) is 0.912. The Hall–Kier alpha value is -1.02. The van der Waals surface area contributed by atoms with Crippen LogP contribution in [-0.2, 0) is 18.4 Å². The van der Waals surface area contributed by atoms with E-state index in [-0.39, 0.29) is 19.1 Å². The number of phosphoric acid groups is 1. The van der Waals surface area contributed by atoms with Crippen molar-refractivity contribution in [2.75, 3.05) is 40.9 Å². The van der Waals surface area contributed by atoms with Crippen LogP contribution in [0.3, 0.4) is 0 Å². The smallest absolute Gasteiger partial charge is 0.387 e. The van der Waals surface area contributed by atoms with E-state index >= 15 is 0 Å². The molecule has 0 fully saturated rings. The number of rotatable bonds is 53. The third-order valence-corrected chi connectivity index (χ3v) is 14.1. The Bertz CT molecular complexity index is 1130. The van der Waals surface area contributed by atoms with Gasteiger partial charge in [-0.25, -0.2) is 4.57 Å². The molecule has 0 aliphatic carbocycles. The zero-order chi connectivity index (χ0) is 48.5. The molecular weight excluding hydrogens is 840 g/mol. The van der Waals surface area contributed by atoms with Gasteiger partial charge in [-0.3, -0.25) is 13.8 Å². The lowest BCUT2D eigenvalue weighted by Gasteiger charge is -2.25. The van der Waals surface area contributed by atoms with Crippen LogP contribution in [0.2, 0.25) is 0 Å². The Balaban J connectivity index is 4.06. The van der Waals surface area contributed by atoms with E-state index in [2.05, 4.69) is 31.3 Å². The van der Waals surface area contributed by atoms with Gasteiger partial charge in [0.2, 0.25) is 5.91 Å². The molecule has 3 N–H and O–H groups in total. The molecule has 0 aliphatic heterocycles. The number of nitrogens with zero attached hydrogens (tertiary/aromatic N) is 1. The summed E-state index contributed by atoms with van der Waals surface area (Å²) < 4.78 is 23.7. The summed E-state index contributed by atoms with van der Waals surface area (Å²) in [6.45, 7) is 4.85. The quantitative estimate of drug-likeness (QED) is 0.0243. The number of aliphatic hydroxyl groups excluding tert-OH is 1. The molecule has 66 heavy (non-hydrogen) atoms. The van der Waals surface area contributed by atoms with Crippen molar-refractivity contribution in [3.63, 3.8) is 0 Å². The highest BCUT2D eigenvalue weighted by Gasteiger charge is 2.27. The summed E-state index contributed by atoms with van der Waals surface area (Å²) in [6, 6.07) is -0.843. The van der Waals surface area contributed by atoms with Gasteiger partial charge in [0, 0.05) is 6.42 Å². The molecule has 1 amide bonds. The van der Waals surface area contributed by atoms with Gasteiger partial charge in [-0.05, 0) is 44.9 Å². The Kier molecular flexibility index (Phi) is 48.2. The van der Waals surface area contributed by atoms with Crippen molar-refractivity contribution in [3.8, 4) is 0 Å². The maximum Gasteiger partial charge on any atom is 0.472 e. The lowest BCUT2D eigenvalue weighted by Crippen LogP contribution is -2.45. The molecule has 0 aliphatic rings. The van der Waals surface area contributed by atoms with Crippen LogP contribution >= 0.6 is 7.82 Å².